The quantitative estimate of drug-likeness (QED) is 0.631. The highest BCUT2D eigenvalue weighted by molar-refractivity contribution is 6.30. The van der Waals surface area contributed by atoms with E-state index in [0.717, 1.165) is 11.1 Å². The number of hydrogen-bond donors (Lipinski definition) is 0. The molecule has 0 spiro atoms. The Morgan fingerprint density at radius 1 is 1.27 bits per heavy atom. The summed E-state index contributed by atoms with van der Waals surface area (Å²) in [6.07, 6.45) is 1.77. The molecule has 0 atom stereocenters. The Balaban J connectivity index is 2.03. The molecule has 2 aromatic carbocycles. The third-order valence-electron chi connectivity index (χ3n) is 3.27. The number of nitriles is 1. The first kappa shape index (κ1) is 14.3. The summed E-state index contributed by atoms with van der Waals surface area (Å²) in [6, 6.07) is 12.9. The summed E-state index contributed by atoms with van der Waals surface area (Å²) in [5.74, 6) is 1.78. The van der Waals surface area contributed by atoms with Gasteiger partial charge < -0.3 is 14.2 Å². The van der Waals surface area contributed by atoms with Crippen LogP contribution in [0.25, 0.3) is 11.6 Å². The van der Waals surface area contributed by atoms with Crippen LogP contribution in [0.2, 0.25) is 5.02 Å². The minimum Gasteiger partial charge on any atom is -0.493 e. The van der Waals surface area contributed by atoms with Crippen LogP contribution in [0.3, 0.4) is 0 Å². The summed E-state index contributed by atoms with van der Waals surface area (Å²) < 4.78 is 16.0. The van der Waals surface area contributed by atoms with Gasteiger partial charge in [0.1, 0.15) is 0 Å². The summed E-state index contributed by atoms with van der Waals surface area (Å²) in [4.78, 5) is 0. The second-order valence-corrected chi connectivity index (χ2v) is 5.07. The van der Waals surface area contributed by atoms with E-state index in [1.54, 1.807) is 31.4 Å². The summed E-state index contributed by atoms with van der Waals surface area (Å²) in [5, 5.41) is 10.0. The number of ether oxygens (including phenoxy) is 3. The molecule has 0 radical (unpaired) electrons. The van der Waals surface area contributed by atoms with Crippen molar-refractivity contribution in [2.45, 2.75) is 0 Å². The van der Waals surface area contributed by atoms with E-state index < -0.39 is 0 Å². The van der Waals surface area contributed by atoms with Gasteiger partial charge in [0.15, 0.2) is 11.5 Å². The van der Waals surface area contributed by atoms with Crippen LogP contribution in [0.5, 0.6) is 17.2 Å². The Labute approximate surface area is 133 Å². The van der Waals surface area contributed by atoms with Gasteiger partial charge in [0.05, 0.1) is 18.8 Å². The smallest absolute Gasteiger partial charge is 0.231 e. The highest BCUT2D eigenvalue weighted by Gasteiger charge is 2.19. The van der Waals surface area contributed by atoms with Crippen molar-refractivity contribution in [1.29, 1.82) is 5.26 Å². The molecule has 4 nitrogen and oxygen atoms in total. The van der Waals surface area contributed by atoms with Crippen LogP contribution in [0.4, 0.5) is 0 Å². The van der Waals surface area contributed by atoms with E-state index in [2.05, 4.69) is 6.07 Å². The highest BCUT2D eigenvalue weighted by atomic mass is 35.5. The molecule has 0 aromatic heterocycles. The topological polar surface area (TPSA) is 51.5 Å². The number of halogens is 1. The molecule has 0 bridgehead atoms. The molecule has 0 unspecified atom stereocenters. The molecule has 0 saturated carbocycles. The molecule has 1 heterocycles. The molecule has 2 aromatic rings. The Hall–Kier alpha value is -2.64. The molecule has 5 heteroatoms. The zero-order valence-electron chi connectivity index (χ0n) is 11.8. The van der Waals surface area contributed by atoms with E-state index in [-0.39, 0.29) is 6.79 Å². The standard InChI is InChI=1S/C17H12ClNO3/c1-20-15-7-11(8-16-17(15)22-10-21-16)6-13(9-19)12-2-4-14(18)5-3-12/h2-8H,10H2,1H3/b13-6-. The number of hydrogen-bond acceptors (Lipinski definition) is 4. The molecule has 0 saturated heterocycles. The summed E-state index contributed by atoms with van der Waals surface area (Å²) in [6.45, 7) is 0.168. The maximum absolute atomic E-state index is 9.39. The van der Waals surface area contributed by atoms with E-state index in [1.165, 1.54) is 0 Å². The van der Waals surface area contributed by atoms with Gasteiger partial charge in [0.2, 0.25) is 12.5 Å². The van der Waals surface area contributed by atoms with Crippen molar-refractivity contribution in [3.8, 4) is 23.3 Å². The SMILES string of the molecule is COc1cc(/C=C(/C#N)c2ccc(Cl)cc2)cc2c1OCO2. The van der Waals surface area contributed by atoms with Crippen molar-refractivity contribution in [3.05, 3.63) is 52.5 Å². The van der Waals surface area contributed by atoms with Crippen LogP contribution in [0.15, 0.2) is 36.4 Å². The van der Waals surface area contributed by atoms with Gasteiger partial charge in [-0.25, -0.2) is 0 Å². The van der Waals surface area contributed by atoms with Crippen molar-refractivity contribution in [1.82, 2.24) is 0 Å². The number of methoxy groups -OCH3 is 1. The van der Waals surface area contributed by atoms with Crippen molar-refractivity contribution in [3.63, 3.8) is 0 Å². The Kier molecular flexibility index (Phi) is 3.90. The number of allylic oxidation sites excluding steroid dienone is 1. The third-order valence-corrected chi connectivity index (χ3v) is 3.52. The fourth-order valence-corrected chi connectivity index (χ4v) is 2.34. The zero-order valence-corrected chi connectivity index (χ0v) is 12.6. The highest BCUT2D eigenvalue weighted by Crippen LogP contribution is 2.42. The minimum absolute atomic E-state index is 0.168. The maximum atomic E-state index is 9.39. The first-order chi connectivity index (χ1) is 10.7. The van der Waals surface area contributed by atoms with Crippen LogP contribution < -0.4 is 14.2 Å². The lowest BCUT2D eigenvalue weighted by molar-refractivity contribution is 0.171. The van der Waals surface area contributed by atoms with Crippen LogP contribution in [-0.2, 0) is 0 Å². The molecule has 0 aliphatic carbocycles. The van der Waals surface area contributed by atoms with E-state index in [4.69, 9.17) is 25.8 Å². The molecule has 1 aliphatic rings. The normalized spacial score (nSPS) is 12.9. The number of fused-ring (bicyclic) bond motifs is 1. The molecule has 0 fully saturated rings. The van der Waals surface area contributed by atoms with Crippen molar-refractivity contribution < 1.29 is 14.2 Å². The second kappa shape index (κ2) is 6.00. The van der Waals surface area contributed by atoms with Crippen molar-refractivity contribution in [2.24, 2.45) is 0 Å². The zero-order chi connectivity index (χ0) is 15.5. The monoisotopic (exact) mass is 313 g/mol. The molecule has 0 N–H and O–H groups in total. The minimum atomic E-state index is 0.168. The predicted octanol–water partition coefficient (Wildman–Crippen LogP) is 4.14. The van der Waals surface area contributed by atoms with Gasteiger partial charge in [0.25, 0.3) is 0 Å². The molecule has 0 amide bonds. The molecule has 3 rings (SSSR count). The lowest BCUT2D eigenvalue weighted by Crippen LogP contribution is -1.93. The van der Waals surface area contributed by atoms with Gasteiger partial charge in [-0.3, -0.25) is 0 Å². The molecule has 1 aliphatic heterocycles. The van der Waals surface area contributed by atoms with Crippen molar-refractivity contribution in [2.75, 3.05) is 13.9 Å². The number of nitrogens with zero attached hydrogens (tertiary/aromatic N) is 1. The summed E-state index contributed by atoms with van der Waals surface area (Å²) in [7, 11) is 1.56. The van der Waals surface area contributed by atoms with Crippen LogP contribution >= 0.6 is 11.6 Å². The molecular weight excluding hydrogens is 302 g/mol. The molecule has 22 heavy (non-hydrogen) atoms. The van der Waals surface area contributed by atoms with E-state index in [9.17, 15) is 5.26 Å². The van der Waals surface area contributed by atoms with Gasteiger partial charge in [-0.2, -0.15) is 5.26 Å². The van der Waals surface area contributed by atoms with Crippen LogP contribution in [0.1, 0.15) is 11.1 Å². The van der Waals surface area contributed by atoms with Crippen LogP contribution in [-0.4, -0.2) is 13.9 Å². The van der Waals surface area contributed by atoms with Crippen LogP contribution in [0, 0.1) is 11.3 Å². The Bertz CT molecular complexity index is 776. The van der Waals surface area contributed by atoms with E-state index >= 15 is 0 Å². The fraction of sp³-hybridized carbons (Fsp3) is 0.118. The Morgan fingerprint density at radius 2 is 2.05 bits per heavy atom. The van der Waals surface area contributed by atoms with Gasteiger partial charge >= 0.3 is 0 Å². The molecule has 110 valence electrons. The van der Waals surface area contributed by atoms with Gasteiger partial charge in [-0.15, -0.1) is 0 Å². The molecular formula is C17H12ClNO3. The van der Waals surface area contributed by atoms with Gasteiger partial charge in [-0.05, 0) is 41.5 Å². The second-order valence-electron chi connectivity index (χ2n) is 4.63. The first-order valence-electron chi connectivity index (χ1n) is 6.56. The van der Waals surface area contributed by atoms with Gasteiger partial charge in [-0.1, -0.05) is 23.7 Å². The Morgan fingerprint density at radius 3 is 2.73 bits per heavy atom. The summed E-state index contributed by atoms with van der Waals surface area (Å²) in [5.41, 5.74) is 2.12. The van der Waals surface area contributed by atoms with E-state index in [0.29, 0.717) is 27.8 Å². The lowest BCUT2D eigenvalue weighted by atomic mass is 10.0. The van der Waals surface area contributed by atoms with E-state index in [1.807, 2.05) is 18.2 Å². The number of rotatable bonds is 3. The maximum Gasteiger partial charge on any atom is 0.231 e. The predicted molar refractivity (Wildman–Crippen MR) is 84.1 cm³/mol. The first-order valence-corrected chi connectivity index (χ1v) is 6.94. The van der Waals surface area contributed by atoms with Crippen molar-refractivity contribution >= 4 is 23.3 Å². The lowest BCUT2D eigenvalue weighted by Gasteiger charge is -2.06. The van der Waals surface area contributed by atoms with Gasteiger partial charge in [0, 0.05) is 5.02 Å². The number of benzene rings is 2. The average molecular weight is 314 g/mol. The average Bonchev–Trinajstić information content (AvgIpc) is 3.01. The largest absolute Gasteiger partial charge is 0.493 e. The third kappa shape index (κ3) is 2.72. The summed E-state index contributed by atoms with van der Waals surface area (Å²) >= 11 is 5.87. The fourth-order valence-electron chi connectivity index (χ4n) is 2.21.